The molecule has 0 radical (unpaired) electrons. The van der Waals surface area contributed by atoms with Crippen molar-refractivity contribution >= 4 is 5.91 Å². The predicted molar refractivity (Wildman–Crippen MR) is 138 cm³/mol. The van der Waals surface area contributed by atoms with Crippen molar-refractivity contribution in [2.24, 2.45) is 5.41 Å². The number of carbonyl (C=O) groups is 1. The second-order valence-electron chi connectivity index (χ2n) is 9.98. The highest BCUT2D eigenvalue weighted by molar-refractivity contribution is 5.76. The molecule has 1 aliphatic rings. The predicted octanol–water partition coefficient (Wildman–Crippen LogP) is 6.42. The number of hydrogen-bond acceptors (Lipinski definition) is 3. The molecular formula is C30H33F3N2O2. The summed E-state index contributed by atoms with van der Waals surface area (Å²) in [7, 11) is 1.83. The van der Waals surface area contributed by atoms with Crippen LogP contribution in [-0.2, 0) is 24.1 Å². The van der Waals surface area contributed by atoms with E-state index in [1.54, 1.807) is 17.0 Å². The van der Waals surface area contributed by atoms with Crippen LogP contribution in [0, 0.1) is 5.41 Å². The monoisotopic (exact) mass is 510 g/mol. The molecule has 0 unspecified atom stereocenters. The highest BCUT2D eigenvalue weighted by atomic mass is 19.4. The quantitative estimate of drug-likeness (QED) is 0.333. The maximum atomic E-state index is 13.3. The van der Waals surface area contributed by atoms with Crippen molar-refractivity contribution < 1.29 is 22.7 Å². The van der Waals surface area contributed by atoms with Crippen LogP contribution in [0.5, 0.6) is 5.75 Å². The Morgan fingerprint density at radius 1 is 0.892 bits per heavy atom. The third-order valence-corrected chi connectivity index (χ3v) is 7.11. The average Bonchev–Trinajstić information content (AvgIpc) is 2.90. The number of halogens is 3. The SMILES string of the molecule is CN(Cc1ccccc1)C(=O)CC1(COc2ccccc2)CCN(Cc2ccc(C(F)(F)F)cc2)CC1. The Labute approximate surface area is 216 Å². The lowest BCUT2D eigenvalue weighted by Gasteiger charge is -2.42. The molecule has 0 bridgehead atoms. The average molecular weight is 511 g/mol. The lowest BCUT2D eigenvalue weighted by Crippen LogP contribution is -2.45. The summed E-state index contributed by atoms with van der Waals surface area (Å²) in [6.07, 6.45) is -2.41. The van der Waals surface area contributed by atoms with E-state index in [0.29, 0.717) is 26.1 Å². The standard InChI is InChI=1S/C30H33F3N2O2/c1-34(21-24-8-4-2-5-9-24)28(36)20-29(23-37-27-10-6-3-7-11-27)16-18-35(19-17-29)22-25-12-14-26(15-13-25)30(31,32)33/h2-15H,16-23H2,1H3. The number of para-hydroxylation sites is 1. The minimum absolute atomic E-state index is 0.0803. The van der Waals surface area contributed by atoms with Crippen LogP contribution < -0.4 is 4.74 Å². The van der Waals surface area contributed by atoms with Crippen LogP contribution in [-0.4, -0.2) is 42.5 Å². The smallest absolute Gasteiger partial charge is 0.416 e. The van der Waals surface area contributed by atoms with Gasteiger partial charge in [-0.3, -0.25) is 9.69 Å². The van der Waals surface area contributed by atoms with Gasteiger partial charge in [0.05, 0.1) is 12.2 Å². The van der Waals surface area contributed by atoms with E-state index in [-0.39, 0.29) is 11.3 Å². The van der Waals surface area contributed by atoms with Gasteiger partial charge >= 0.3 is 6.18 Å². The van der Waals surface area contributed by atoms with Crippen LogP contribution >= 0.6 is 0 Å². The molecule has 1 amide bonds. The zero-order chi connectivity index (χ0) is 26.3. The number of rotatable bonds is 9. The fourth-order valence-corrected chi connectivity index (χ4v) is 4.77. The van der Waals surface area contributed by atoms with Crippen LogP contribution in [0.1, 0.15) is 36.0 Å². The summed E-state index contributed by atoms with van der Waals surface area (Å²) >= 11 is 0. The molecule has 1 fully saturated rings. The maximum Gasteiger partial charge on any atom is 0.416 e. The first-order chi connectivity index (χ1) is 17.7. The van der Waals surface area contributed by atoms with Gasteiger partial charge in [-0.1, -0.05) is 60.7 Å². The molecule has 0 saturated carbocycles. The Kier molecular flexibility index (Phi) is 8.54. The van der Waals surface area contributed by atoms with E-state index in [4.69, 9.17) is 4.74 Å². The largest absolute Gasteiger partial charge is 0.493 e. The Hall–Kier alpha value is -3.32. The molecule has 37 heavy (non-hydrogen) atoms. The van der Waals surface area contributed by atoms with Gasteiger partial charge in [0.15, 0.2) is 0 Å². The number of piperidine rings is 1. The molecule has 1 saturated heterocycles. The third-order valence-electron chi connectivity index (χ3n) is 7.11. The number of alkyl halides is 3. The third kappa shape index (κ3) is 7.59. The van der Waals surface area contributed by atoms with Gasteiger partial charge in [0, 0.05) is 32.0 Å². The van der Waals surface area contributed by atoms with Crippen molar-refractivity contribution in [2.75, 3.05) is 26.7 Å². The van der Waals surface area contributed by atoms with E-state index in [2.05, 4.69) is 4.90 Å². The van der Waals surface area contributed by atoms with Gasteiger partial charge in [0.2, 0.25) is 5.91 Å². The molecular weight excluding hydrogens is 477 g/mol. The van der Waals surface area contributed by atoms with Crippen molar-refractivity contribution in [3.05, 3.63) is 102 Å². The summed E-state index contributed by atoms with van der Waals surface area (Å²) in [5, 5.41) is 0. The van der Waals surface area contributed by atoms with Crippen LogP contribution in [0.2, 0.25) is 0 Å². The fourth-order valence-electron chi connectivity index (χ4n) is 4.77. The van der Waals surface area contributed by atoms with Crippen molar-refractivity contribution in [1.82, 2.24) is 9.80 Å². The Morgan fingerprint density at radius 2 is 1.49 bits per heavy atom. The Bertz CT molecular complexity index is 1130. The van der Waals surface area contributed by atoms with Gasteiger partial charge in [0.1, 0.15) is 5.75 Å². The molecule has 0 N–H and O–H groups in total. The van der Waals surface area contributed by atoms with Gasteiger partial charge in [-0.15, -0.1) is 0 Å². The number of amides is 1. The van der Waals surface area contributed by atoms with Gasteiger partial charge < -0.3 is 9.64 Å². The molecule has 1 aliphatic heterocycles. The summed E-state index contributed by atoms with van der Waals surface area (Å²) in [6, 6.07) is 24.9. The van der Waals surface area contributed by atoms with E-state index in [0.717, 1.165) is 54.9 Å². The van der Waals surface area contributed by atoms with Crippen molar-refractivity contribution in [1.29, 1.82) is 0 Å². The number of nitrogens with zero attached hydrogens (tertiary/aromatic N) is 2. The van der Waals surface area contributed by atoms with E-state index in [9.17, 15) is 18.0 Å². The second kappa shape index (κ2) is 11.8. The molecule has 196 valence electrons. The molecule has 3 aromatic rings. The highest BCUT2D eigenvalue weighted by Gasteiger charge is 2.38. The molecule has 1 heterocycles. The highest BCUT2D eigenvalue weighted by Crippen LogP contribution is 2.37. The van der Waals surface area contributed by atoms with E-state index < -0.39 is 11.7 Å². The van der Waals surface area contributed by atoms with Gasteiger partial charge in [-0.2, -0.15) is 13.2 Å². The van der Waals surface area contributed by atoms with Crippen LogP contribution in [0.15, 0.2) is 84.9 Å². The zero-order valence-electron chi connectivity index (χ0n) is 21.1. The summed E-state index contributed by atoms with van der Waals surface area (Å²) in [4.78, 5) is 17.3. The summed E-state index contributed by atoms with van der Waals surface area (Å²) < 4.78 is 44.8. The zero-order valence-corrected chi connectivity index (χ0v) is 21.1. The minimum Gasteiger partial charge on any atom is -0.493 e. The number of likely N-dealkylation sites (tertiary alicyclic amines) is 1. The summed E-state index contributed by atoms with van der Waals surface area (Å²) in [5.74, 6) is 0.857. The number of benzene rings is 3. The lowest BCUT2D eigenvalue weighted by atomic mass is 9.75. The molecule has 3 aromatic carbocycles. The maximum absolute atomic E-state index is 13.3. The topological polar surface area (TPSA) is 32.8 Å². The Balaban J connectivity index is 1.40. The lowest BCUT2D eigenvalue weighted by molar-refractivity contribution is -0.137. The van der Waals surface area contributed by atoms with Gasteiger partial charge in [-0.05, 0) is 61.3 Å². The van der Waals surface area contributed by atoms with Crippen molar-refractivity contribution in [3.8, 4) is 5.75 Å². The molecule has 0 aromatic heterocycles. The minimum atomic E-state index is -4.33. The fraction of sp³-hybridized carbons (Fsp3) is 0.367. The molecule has 7 heteroatoms. The molecule has 4 rings (SSSR count). The van der Waals surface area contributed by atoms with E-state index in [1.165, 1.54) is 0 Å². The molecule has 4 nitrogen and oxygen atoms in total. The van der Waals surface area contributed by atoms with Crippen LogP contribution in [0.4, 0.5) is 13.2 Å². The van der Waals surface area contributed by atoms with Crippen molar-refractivity contribution in [2.45, 2.75) is 38.5 Å². The van der Waals surface area contributed by atoms with Crippen LogP contribution in [0.25, 0.3) is 0 Å². The van der Waals surface area contributed by atoms with Gasteiger partial charge in [0.25, 0.3) is 0 Å². The number of ether oxygens (including phenoxy) is 1. The first-order valence-electron chi connectivity index (χ1n) is 12.6. The Morgan fingerprint density at radius 3 is 2.08 bits per heavy atom. The second-order valence-corrected chi connectivity index (χ2v) is 9.98. The first-order valence-corrected chi connectivity index (χ1v) is 12.6. The summed E-state index contributed by atoms with van der Waals surface area (Å²) in [6.45, 7) is 3.06. The number of hydrogen-bond donors (Lipinski definition) is 0. The first kappa shape index (κ1) is 26.7. The van der Waals surface area contributed by atoms with E-state index in [1.807, 2.05) is 67.7 Å². The van der Waals surface area contributed by atoms with Crippen molar-refractivity contribution in [3.63, 3.8) is 0 Å². The summed E-state index contributed by atoms with van der Waals surface area (Å²) in [5.41, 5.74) is 0.984. The van der Waals surface area contributed by atoms with Crippen LogP contribution in [0.3, 0.4) is 0 Å². The normalized spacial score (nSPS) is 15.8. The number of carbonyl (C=O) groups excluding carboxylic acids is 1. The molecule has 0 spiro atoms. The molecule has 0 aliphatic carbocycles. The van der Waals surface area contributed by atoms with Gasteiger partial charge in [-0.25, -0.2) is 0 Å². The molecule has 0 atom stereocenters. The van der Waals surface area contributed by atoms with E-state index >= 15 is 0 Å².